The maximum Gasteiger partial charge on any atom is 0.325 e. The molecule has 0 saturated carbocycles. The van der Waals surface area contributed by atoms with Gasteiger partial charge < -0.3 is 20.1 Å². The molecular formula is C17H23N3O5. The van der Waals surface area contributed by atoms with Crippen LogP contribution in [-0.4, -0.2) is 56.7 Å². The van der Waals surface area contributed by atoms with Crippen LogP contribution in [0.3, 0.4) is 0 Å². The molecule has 1 saturated heterocycles. The van der Waals surface area contributed by atoms with E-state index in [0.29, 0.717) is 24.5 Å². The standard InChI is InChI=1S/C17H23N3O5/c1-11-9-12(5-6-13(11)25-4)17(2)15(22)20(16(23)19-17)10-14(21)18-7-8-24-3/h5-6,9H,7-8,10H2,1-4H3,(H,18,21)(H,19,23). The van der Waals surface area contributed by atoms with Gasteiger partial charge in [-0.05, 0) is 37.1 Å². The first-order valence-electron chi connectivity index (χ1n) is 7.88. The Labute approximate surface area is 146 Å². The van der Waals surface area contributed by atoms with Crippen molar-refractivity contribution in [2.75, 3.05) is 33.9 Å². The van der Waals surface area contributed by atoms with E-state index in [4.69, 9.17) is 9.47 Å². The average molecular weight is 349 g/mol. The van der Waals surface area contributed by atoms with Gasteiger partial charge in [0.15, 0.2) is 0 Å². The van der Waals surface area contributed by atoms with Crippen molar-refractivity contribution < 1.29 is 23.9 Å². The number of methoxy groups -OCH3 is 2. The third-order valence-corrected chi connectivity index (χ3v) is 4.18. The van der Waals surface area contributed by atoms with Gasteiger partial charge in [0.05, 0.1) is 13.7 Å². The van der Waals surface area contributed by atoms with Crippen molar-refractivity contribution >= 4 is 17.8 Å². The second kappa shape index (κ2) is 7.52. The van der Waals surface area contributed by atoms with Crippen LogP contribution in [0, 0.1) is 6.92 Å². The predicted molar refractivity (Wildman–Crippen MR) is 90.2 cm³/mol. The number of nitrogens with zero attached hydrogens (tertiary/aromatic N) is 1. The summed E-state index contributed by atoms with van der Waals surface area (Å²) in [6.07, 6.45) is 0. The Bertz CT molecular complexity index is 691. The average Bonchev–Trinajstić information content (AvgIpc) is 2.79. The summed E-state index contributed by atoms with van der Waals surface area (Å²) in [5.41, 5.74) is 0.256. The number of rotatable bonds is 7. The van der Waals surface area contributed by atoms with E-state index in [-0.39, 0.29) is 6.54 Å². The third-order valence-electron chi connectivity index (χ3n) is 4.18. The molecule has 1 aliphatic heterocycles. The highest BCUT2D eigenvalue weighted by Gasteiger charge is 2.49. The van der Waals surface area contributed by atoms with E-state index in [9.17, 15) is 14.4 Å². The second-order valence-electron chi connectivity index (χ2n) is 5.97. The van der Waals surface area contributed by atoms with Gasteiger partial charge in [0.25, 0.3) is 5.91 Å². The second-order valence-corrected chi connectivity index (χ2v) is 5.97. The minimum Gasteiger partial charge on any atom is -0.496 e. The Hall–Kier alpha value is -2.61. The maximum atomic E-state index is 12.8. The number of ether oxygens (including phenoxy) is 2. The molecule has 0 radical (unpaired) electrons. The lowest BCUT2D eigenvalue weighted by Crippen LogP contribution is -2.43. The highest BCUT2D eigenvalue weighted by molar-refractivity contribution is 6.09. The summed E-state index contributed by atoms with van der Waals surface area (Å²) in [7, 11) is 3.09. The van der Waals surface area contributed by atoms with E-state index < -0.39 is 23.4 Å². The van der Waals surface area contributed by atoms with Crippen molar-refractivity contribution in [3.8, 4) is 5.75 Å². The molecule has 1 aliphatic rings. The minimum atomic E-state index is -1.22. The molecule has 0 aromatic heterocycles. The molecule has 0 spiro atoms. The Morgan fingerprint density at radius 2 is 2.04 bits per heavy atom. The summed E-state index contributed by atoms with van der Waals surface area (Å²) in [6.45, 7) is 3.81. The summed E-state index contributed by atoms with van der Waals surface area (Å²) in [4.78, 5) is 37.8. The number of imide groups is 1. The van der Waals surface area contributed by atoms with Gasteiger partial charge in [-0.1, -0.05) is 6.07 Å². The van der Waals surface area contributed by atoms with Gasteiger partial charge in [-0.2, -0.15) is 0 Å². The molecular weight excluding hydrogens is 326 g/mol. The lowest BCUT2D eigenvalue weighted by molar-refractivity contribution is -0.134. The first-order valence-corrected chi connectivity index (χ1v) is 7.88. The number of amides is 4. The molecule has 0 bridgehead atoms. The van der Waals surface area contributed by atoms with Crippen molar-refractivity contribution in [2.24, 2.45) is 0 Å². The van der Waals surface area contributed by atoms with Crippen molar-refractivity contribution in [3.63, 3.8) is 0 Å². The normalized spacial score (nSPS) is 19.8. The molecule has 2 N–H and O–H groups in total. The summed E-state index contributed by atoms with van der Waals surface area (Å²) in [6, 6.07) is 4.67. The first kappa shape index (κ1) is 18.7. The van der Waals surface area contributed by atoms with Crippen LogP contribution in [0.2, 0.25) is 0 Å². The van der Waals surface area contributed by atoms with Crippen LogP contribution in [0.4, 0.5) is 4.79 Å². The van der Waals surface area contributed by atoms with Crippen molar-refractivity contribution in [1.82, 2.24) is 15.5 Å². The van der Waals surface area contributed by atoms with Gasteiger partial charge in [-0.25, -0.2) is 4.79 Å². The van der Waals surface area contributed by atoms with Crippen LogP contribution in [0.5, 0.6) is 5.75 Å². The number of nitrogens with one attached hydrogen (secondary N) is 2. The Morgan fingerprint density at radius 3 is 2.64 bits per heavy atom. The highest BCUT2D eigenvalue weighted by atomic mass is 16.5. The fraction of sp³-hybridized carbons (Fsp3) is 0.471. The fourth-order valence-corrected chi connectivity index (χ4v) is 2.72. The number of urea groups is 1. The lowest BCUT2D eigenvalue weighted by atomic mass is 9.90. The lowest BCUT2D eigenvalue weighted by Gasteiger charge is -2.23. The Morgan fingerprint density at radius 1 is 1.32 bits per heavy atom. The number of carbonyl (C=O) groups excluding carboxylic acids is 3. The highest BCUT2D eigenvalue weighted by Crippen LogP contribution is 2.31. The topological polar surface area (TPSA) is 97.0 Å². The van der Waals surface area contributed by atoms with Crippen molar-refractivity contribution in [1.29, 1.82) is 0 Å². The van der Waals surface area contributed by atoms with Crippen LogP contribution in [0.15, 0.2) is 18.2 Å². The Balaban J connectivity index is 2.16. The summed E-state index contributed by atoms with van der Waals surface area (Å²) in [5, 5.41) is 5.26. The quantitative estimate of drug-likeness (QED) is 0.553. The summed E-state index contributed by atoms with van der Waals surface area (Å²) < 4.78 is 10.1. The molecule has 1 unspecified atom stereocenters. The number of hydrogen-bond donors (Lipinski definition) is 2. The molecule has 8 nitrogen and oxygen atoms in total. The monoisotopic (exact) mass is 349 g/mol. The van der Waals surface area contributed by atoms with Crippen LogP contribution < -0.4 is 15.4 Å². The molecule has 1 aromatic carbocycles. The number of hydrogen-bond acceptors (Lipinski definition) is 5. The van der Waals surface area contributed by atoms with Gasteiger partial charge >= 0.3 is 6.03 Å². The fourth-order valence-electron chi connectivity index (χ4n) is 2.72. The van der Waals surface area contributed by atoms with Gasteiger partial charge in [0.1, 0.15) is 17.8 Å². The van der Waals surface area contributed by atoms with Crippen LogP contribution in [-0.2, 0) is 19.9 Å². The number of carbonyl (C=O) groups is 3. The molecule has 8 heteroatoms. The largest absolute Gasteiger partial charge is 0.496 e. The zero-order chi connectivity index (χ0) is 18.6. The van der Waals surface area contributed by atoms with E-state index in [2.05, 4.69) is 10.6 Å². The maximum absolute atomic E-state index is 12.8. The van der Waals surface area contributed by atoms with Crippen LogP contribution >= 0.6 is 0 Å². The minimum absolute atomic E-state index is 0.313. The third kappa shape index (κ3) is 3.74. The van der Waals surface area contributed by atoms with Gasteiger partial charge in [0, 0.05) is 13.7 Å². The number of benzene rings is 1. The molecule has 1 atom stereocenters. The van der Waals surface area contributed by atoms with Crippen molar-refractivity contribution in [2.45, 2.75) is 19.4 Å². The van der Waals surface area contributed by atoms with Gasteiger partial charge in [-0.15, -0.1) is 0 Å². The molecule has 1 aromatic rings. The molecule has 1 fully saturated rings. The summed E-state index contributed by atoms with van der Waals surface area (Å²) >= 11 is 0. The molecule has 25 heavy (non-hydrogen) atoms. The van der Waals surface area contributed by atoms with E-state index in [0.717, 1.165) is 10.5 Å². The number of aryl methyl sites for hydroxylation is 1. The van der Waals surface area contributed by atoms with Crippen molar-refractivity contribution in [3.05, 3.63) is 29.3 Å². The zero-order valence-corrected chi connectivity index (χ0v) is 14.8. The van der Waals surface area contributed by atoms with E-state index in [1.807, 2.05) is 6.92 Å². The first-order chi connectivity index (χ1) is 11.8. The zero-order valence-electron chi connectivity index (χ0n) is 14.8. The van der Waals surface area contributed by atoms with E-state index in [1.54, 1.807) is 32.2 Å². The predicted octanol–water partition coefficient (Wildman–Crippen LogP) is 0.533. The van der Waals surface area contributed by atoms with Gasteiger partial charge in [0.2, 0.25) is 5.91 Å². The molecule has 136 valence electrons. The molecule has 1 heterocycles. The molecule has 4 amide bonds. The smallest absolute Gasteiger partial charge is 0.325 e. The summed E-state index contributed by atoms with van der Waals surface area (Å²) in [5.74, 6) is -0.196. The van der Waals surface area contributed by atoms with E-state index in [1.165, 1.54) is 7.11 Å². The van der Waals surface area contributed by atoms with Gasteiger partial charge in [-0.3, -0.25) is 14.5 Å². The van der Waals surface area contributed by atoms with E-state index >= 15 is 0 Å². The Kier molecular flexibility index (Phi) is 5.63. The van der Waals surface area contributed by atoms with Crippen LogP contribution in [0.25, 0.3) is 0 Å². The molecule has 2 rings (SSSR count). The van der Waals surface area contributed by atoms with Crippen LogP contribution in [0.1, 0.15) is 18.1 Å². The SMILES string of the molecule is COCCNC(=O)CN1C(=O)NC(C)(c2ccc(OC)c(C)c2)C1=O. The molecule has 0 aliphatic carbocycles.